The van der Waals surface area contributed by atoms with Crippen LogP contribution in [0, 0.1) is 0 Å². The van der Waals surface area contributed by atoms with Crippen LogP contribution in [0.4, 0.5) is 0 Å². The Morgan fingerprint density at radius 1 is 1.07 bits per heavy atom. The van der Waals surface area contributed by atoms with Crippen LogP contribution in [0.15, 0.2) is 53.7 Å². The molecule has 0 radical (unpaired) electrons. The summed E-state index contributed by atoms with van der Waals surface area (Å²) in [6.07, 6.45) is 3.92. The molecule has 3 aromatic rings. The molecule has 2 heterocycles. The summed E-state index contributed by atoms with van der Waals surface area (Å²) in [6.45, 7) is 2.88. The van der Waals surface area contributed by atoms with Crippen molar-refractivity contribution in [3.63, 3.8) is 0 Å². The minimum absolute atomic E-state index is 0. The predicted molar refractivity (Wildman–Crippen MR) is 128 cm³/mol. The Balaban J connectivity index is 0.00000240. The van der Waals surface area contributed by atoms with Crippen LogP contribution in [0.2, 0.25) is 0 Å². The van der Waals surface area contributed by atoms with Crippen molar-refractivity contribution >= 4 is 40.8 Å². The monoisotopic (exact) mass is 506 g/mol. The number of aliphatic imine (C=N–C) groups is 1. The lowest BCUT2D eigenvalue weighted by Crippen LogP contribution is -2.37. The molecule has 7 heteroatoms. The highest BCUT2D eigenvalue weighted by molar-refractivity contribution is 14.0. The minimum atomic E-state index is 0. The van der Waals surface area contributed by atoms with Gasteiger partial charge in [-0.25, -0.2) is 0 Å². The molecule has 1 aliphatic rings. The first-order valence-electron chi connectivity index (χ1n) is 9.71. The van der Waals surface area contributed by atoms with E-state index in [4.69, 9.17) is 9.47 Å². The van der Waals surface area contributed by atoms with Crippen LogP contribution in [0.3, 0.4) is 0 Å². The van der Waals surface area contributed by atoms with Gasteiger partial charge in [-0.05, 0) is 35.7 Å². The van der Waals surface area contributed by atoms with Crippen molar-refractivity contribution in [2.75, 3.05) is 26.8 Å². The molecule has 0 amide bonds. The molecule has 0 aliphatic carbocycles. The largest absolute Gasteiger partial charge is 0.490 e. The maximum absolute atomic E-state index is 5.76. The van der Waals surface area contributed by atoms with Gasteiger partial charge in [-0.1, -0.05) is 24.3 Å². The number of ether oxygens (including phenoxy) is 2. The van der Waals surface area contributed by atoms with Crippen molar-refractivity contribution in [2.24, 2.45) is 4.99 Å². The number of guanidine groups is 1. The van der Waals surface area contributed by atoms with E-state index in [-0.39, 0.29) is 24.0 Å². The first kappa shape index (κ1) is 21.3. The third kappa shape index (κ3) is 5.35. The molecule has 0 spiro atoms. The number of fused-ring (bicyclic) bond motifs is 2. The van der Waals surface area contributed by atoms with Gasteiger partial charge in [0, 0.05) is 43.7 Å². The van der Waals surface area contributed by atoms with Gasteiger partial charge < -0.3 is 25.1 Å². The summed E-state index contributed by atoms with van der Waals surface area (Å²) in [5, 5.41) is 8.02. The second-order valence-corrected chi connectivity index (χ2v) is 6.79. The molecule has 0 saturated heterocycles. The second-order valence-electron chi connectivity index (χ2n) is 6.79. The Labute approximate surface area is 188 Å². The number of nitrogens with zero attached hydrogens (tertiary/aromatic N) is 1. The second kappa shape index (κ2) is 10.4. The number of nitrogens with one attached hydrogen (secondary N) is 3. The third-order valence-electron chi connectivity index (χ3n) is 4.86. The number of aromatic nitrogens is 1. The Kier molecular flexibility index (Phi) is 7.62. The zero-order chi connectivity index (χ0) is 19.2. The molecule has 0 atom stereocenters. The van der Waals surface area contributed by atoms with Crippen molar-refractivity contribution in [2.45, 2.75) is 19.4 Å². The highest BCUT2D eigenvalue weighted by Crippen LogP contribution is 2.30. The van der Waals surface area contributed by atoms with Gasteiger partial charge in [-0.15, -0.1) is 24.0 Å². The topological polar surface area (TPSA) is 70.7 Å². The van der Waals surface area contributed by atoms with Gasteiger partial charge in [0.25, 0.3) is 0 Å². The number of H-pyrrole nitrogens is 1. The average molecular weight is 506 g/mol. The van der Waals surface area contributed by atoms with Crippen molar-refractivity contribution in [1.29, 1.82) is 0 Å². The average Bonchev–Trinajstić information content (AvgIpc) is 2.99. The standard InChI is InChI=1S/C22H26N4O2.HI/c1-23-22(24-10-9-17-15-25-19-6-3-2-5-18(17)19)26-14-16-7-8-20-21(13-16)28-12-4-11-27-20;/h2-3,5-8,13,15,25H,4,9-12,14H2,1H3,(H2,23,24,26);1H. The quantitative estimate of drug-likeness (QED) is 0.279. The SMILES string of the molecule is CN=C(NCCc1c[nH]c2ccccc12)NCc1ccc2c(c1)OCCCO2.I. The number of rotatable bonds is 5. The molecular formula is C22H27IN4O2. The van der Waals surface area contributed by atoms with Gasteiger partial charge in [0.05, 0.1) is 13.2 Å². The third-order valence-corrected chi connectivity index (χ3v) is 4.86. The van der Waals surface area contributed by atoms with Gasteiger partial charge >= 0.3 is 0 Å². The van der Waals surface area contributed by atoms with Crippen LogP contribution in [0.5, 0.6) is 11.5 Å². The van der Waals surface area contributed by atoms with E-state index in [1.54, 1.807) is 7.05 Å². The van der Waals surface area contributed by atoms with Gasteiger partial charge in [0.1, 0.15) is 0 Å². The van der Waals surface area contributed by atoms with Gasteiger partial charge in [-0.3, -0.25) is 4.99 Å². The van der Waals surface area contributed by atoms with Crippen molar-refractivity contribution < 1.29 is 9.47 Å². The maximum Gasteiger partial charge on any atom is 0.191 e. The van der Waals surface area contributed by atoms with Crippen molar-refractivity contribution in [3.8, 4) is 11.5 Å². The fourth-order valence-electron chi connectivity index (χ4n) is 3.38. The zero-order valence-corrected chi connectivity index (χ0v) is 18.9. The van der Waals surface area contributed by atoms with E-state index in [1.807, 2.05) is 18.2 Å². The lowest BCUT2D eigenvalue weighted by Gasteiger charge is -2.13. The molecule has 1 aliphatic heterocycles. The van der Waals surface area contributed by atoms with E-state index in [0.717, 1.165) is 42.4 Å². The Morgan fingerprint density at radius 2 is 1.90 bits per heavy atom. The molecule has 1 aromatic heterocycles. The number of benzene rings is 2. The minimum Gasteiger partial charge on any atom is -0.490 e. The lowest BCUT2D eigenvalue weighted by atomic mass is 10.1. The van der Waals surface area contributed by atoms with Crippen LogP contribution in [0.1, 0.15) is 17.5 Å². The predicted octanol–water partition coefficient (Wildman–Crippen LogP) is 3.85. The highest BCUT2D eigenvalue weighted by atomic mass is 127. The molecule has 29 heavy (non-hydrogen) atoms. The summed E-state index contributed by atoms with van der Waals surface area (Å²) in [4.78, 5) is 7.64. The number of hydrogen-bond acceptors (Lipinski definition) is 3. The van der Waals surface area contributed by atoms with Crippen molar-refractivity contribution in [3.05, 3.63) is 59.8 Å². The molecule has 0 bridgehead atoms. The number of hydrogen-bond donors (Lipinski definition) is 3. The lowest BCUT2D eigenvalue weighted by molar-refractivity contribution is 0.297. The number of aromatic amines is 1. The number of halogens is 1. The van der Waals surface area contributed by atoms with Crippen LogP contribution >= 0.6 is 24.0 Å². The van der Waals surface area contributed by atoms with E-state index >= 15 is 0 Å². The van der Waals surface area contributed by atoms with Gasteiger partial charge in [-0.2, -0.15) is 0 Å². The van der Waals surface area contributed by atoms with E-state index < -0.39 is 0 Å². The smallest absolute Gasteiger partial charge is 0.191 e. The summed E-state index contributed by atoms with van der Waals surface area (Å²) >= 11 is 0. The van der Waals surface area contributed by atoms with Gasteiger partial charge in [0.2, 0.25) is 0 Å². The van der Waals surface area contributed by atoms with Crippen LogP contribution < -0.4 is 20.1 Å². The fraction of sp³-hybridized carbons (Fsp3) is 0.318. The van der Waals surface area contributed by atoms with E-state index in [2.05, 4.69) is 51.1 Å². The van der Waals surface area contributed by atoms with E-state index in [9.17, 15) is 0 Å². The Hall–Kier alpha value is -2.42. The summed E-state index contributed by atoms with van der Waals surface area (Å²) < 4.78 is 11.4. The zero-order valence-electron chi connectivity index (χ0n) is 16.5. The molecule has 0 saturated carbocycles. The number of para-hydroxylation sites is 1. The summed E-state index contributed by atoms with van der Waals surface area (Å²) in [7, 11) is 1.79. The summed E-state index contributed by atoms with van der Waals surface area (Å²) in [6, 6.07) is 14.4. The molecule has 0 fully saturated rings. The van der Waals surface area contributed by atoms with Crippen molar-refractivity contribution in [1.82, 2.24) is 15.6 Å². The van der Waals surface area contributed by atoms with E-state index in [0.29, 0.717) is 19.8 Å². The summed E-state index contributed by atoms with van der Waals surface area (Å²) in [5.74, 6) is 2.42. The van der Waals surface area contributed by atoms with Crippen LogP contribution in [-0.4, -0.2) is 37.7 Å². The molecule has 2 aromatic carbocycles. The molecule has 0 unspecified atom stereocenters. The summed E-state index contributed by atoms with van der Waals surface area (Å²) in [5.41, 5.74) is 3.61. The van der Waals surface area contributed by atoms with Crippen LogP contribution in [0.25, 0.3) is 10.9 Å². The Morgan fingerprint density at radius 3 is 2.76 bits per heavy atom. The molecule has 154 valence electrons. The molecule has 3 N–H and O–H groups in total. The fourth-order valence-corrected chi connectivity index (χ4v) is 3.38. The highest BCUT2D eigenvalue weighted by Gasteiger charge is 2.11. The molecular weight excluding hydrogens is 479 g/mol. The first-order chi connectivity index (χ1) is 13.8. The van der Waals surface area contributed by atoms with E-state index in [1.165, 1.54) is 16.5 Å². The molecule has 4 rings (SSSR count). The van der Waals surface area contributed by atoms with Crippen LogP contribution in [-0.2, 0) is 13.0 Å². The Bertz CT molecular complexity index is 970. The van der Waals surface area contributed by atoms with Gasteiger partial charge in [0.15, 0.2) is 17.5 Å². The normalized spacial score (nSPS) is 13.5. The maximum atomic E-state index is 5.76. The first-order valence-corrected chi connectivity index (χ1v) is 9.71. The molecule has 6 nitrogen and oxygen atoms in total.